The van der Waals surface area contributed by atoms with Crippen LogP contribution >= 0.6 is 11.8 Å². The molecule has 2 saturated carbocycles. The fourth-order valence-corrected chi connectivity index (χ4v) is 4.78. The maximum absolute atomic E-state index is 12.9. The zero-order chi connectivity index (χ0) is 21.5. The van der Waals surface area contributed by atoms with Gasteiger partial charge in [-0.25, -0.2) is 4.68 Å². The molecule has 8 nitrogen and oxygen atoms in total. The van der Waals surface area contributed by atoms with Gasteiger partial charge in [-0.3, -0.25) is 14.3 Å². The highest BCUT2D eigenvalue weighted by Gasteiger charge is 2.36. The highest BCUT2D eigenvalue weighted by Crippen LogP contribution is 2.46. The van der Waals surface area contributed by atoms with Gasteiger partial charge in [0.2, 0.25) is 5.91 Å². The molecule has 2 heterocycles. The summed E-state index contributed by atoms with van der Waals surface area (Å²) >= 11 is 1.57. The van der Waals surface area contributed by atoms with Gasteiger partial charge >= 0.3 is 0 Å². The number of benzene rings is 1. The molecule has 31 heavy (non-hydrogen) atoms. The zero-order valence-electron chi connectivity index (χ0n) is 17.7. The second-order valence-electron chi connectivity index (χ2n) is 8.30. The molecule has 0 radical (unpaired) electrons. The van der Waals surface area contributed by atoms with Crippen LogP contribution in [0.4, 0.5) is 5.69 Å². The average Bonchev–Trinajstić information content (AvgIpc) is 3.70. The summed E-state index contributed by atoms with van der Waals surface area (Å²) in [6.07, 6.45) is 5.09. The number of nitrogens with zero attached hydrogens (tertiary/aromatic N) is 5. The van der Waals surface area contributed by atoms with Crippen LogP contribution in [0.1, 0.15) is 55.6 Å². The van der Waals surface area contributed by atoms with Crippen LogP contribution in [0.5, 0.6) is 0 Å². The van der Waals surface area contributed by atoms with Gasteiger partial charge < -0.3 is 9.88 Å². The standard InChI is InChI=1S/C22H26N6O2S/c1-14-19(21(30)28(26(14)2)17-6-4-3-5-7-17)23-18(29)12-13-31-22-25-24-20(15-8-9-15)27(22)16-10-11-16/h3-7,15-16H,8-13H2,1-2H3,(H,23,29). The molecule has 0 spiro atoms. The molecule has 1 amide bonds. The van der Waals surface area contributed by atoms with Crippen molar-refractivity contribution in [2.75, 3.05) is 11.1 Å². The number of carbonyl (C=O) groups is 1. The van der Waals surface area contributed by atoms with E-state index in [9.17, 15) is 9.59 Å². The van der Waals surface area contributed by atoms with E-state index < -0.39 is 0 Å². The van der Waals surface area contributed by atoms with E-state index in [2.05, 4.69) is 20.1 Å². The van der Waals surface area contributed by atoms with Gasteiger partial charge in [0, 0.05) is 31.2 Å². The monoisotopic (exact) mass is 438 g/mol. The number of hydrogen-bond acceptors (Lipinski definition) is 5. The molecule has 0 bridgehead atoms. The summed E-state index contributed by atoms with van der Waals surface area (Å²) in [4.78, 5) is 25.5. The molecular formula is C22H26N6O2S. The number of carbonyl (C=O) groups excluding carboxylic acids is 1. The molecule has 2 aliphatic rings. The van der Waals surface area contributed by atoms with E-state index in [1.54, 1.807) is 21.1 Å². The Balaban J connectivity index is 1.24. The summed E-state index contributed by atoms with van der Waals surface area (Å²) in [6, 6.07) is 9.94. The van der Waals surface area contributed by atoms with Crippen molar-refractivity contribution in [3.63, 3.8) is 0 Å². The first kappa shape index (κ1) is 20.1. The molecule has 0 unspecified atom stereocenters. The van der Waals surface area contributed by atoms with Crippen molar-refractivity contribution in [2.45, 2.75) is 56.1 Å². The third-order valence-electron chi connectivity index (χ3n) is 5.92. The van der Waals surface area contributed by atoms with Gasteiger partial charge in [0.05, 0.1) is 11.4 Å². The summed E-state index contributed by atoms with van der Waals surface area (Å²) < 4.78 is 5.62. The molecule has 1 aromatic carbocycles. The fourth-order valence-electron chi connectivity index (χ4n) is 3.83. The molecule has 0 atom stereocenters. The number of anilines is 1. The number of para-hydroxylation sites is 1. The lowest BCUT2D eigenvalue weighted by Gasteiger charge is -2.08. The van der Waals surface area contributed by atoms with E-state index in [1.807, 2.05) is 44.3 Å². The van der Waals surface area contributed by atoms with Gasteiger partial charge in [0.25, 0.3) is 5.56 Å². The van der Waals surface area contributed by atoms with Crippen molar-refractivity contribution < 1.29 is 4.79 Å². The van der Waals surface area contributed by atoms with Crippen LogP contribution in [0.2, 0.25) is 0 Å². The Morgan fingerprint density at radius 2 is 1.90 bits per heavy atom. The topological polar surface area (TPSA) is 86.7 Å². The molecule has 9 heteroatoms. The lowest BCUT2D eigenvalue weighted by molar-refractivity contribution is -0.115. The molecule has 0 aliphatic heterocycles. The number of hydrogen-bond donors (Lipinski definition) is 1. The predicted octanol–water partition coefficient (Wildman–Crippen LogP) is 3.41. The quantitative estimate of drug-likeness (QED) is 0.545. The SMILES string of the molecule is Cc1c(NC(=O)CCSc2nnc(C3CC3)n2C2CC2)c(=O)n(-c2ccccc2)n1C. The molecule has 1 N–H and O–H groups in total. The maximum Gasteiger partial charge on any atom is 0.295 e. The number of thioether (sulfide) groups is 1. The third kappa shape index (κ3) is 3.94. The van der Waals surface area contributed by atoms with E-state index >= 15 is 0 Å². The lowest BCUT2D eigenvalue weighted by atomic mass is 10.3. The Bertz CT molecular complexity index is 1170. The Hall–Kier alpha value is -2.81. The predicted molar refractivity (Wildman–Crippen MR) is 120 cm³/mol. The van der Waals surface area contributed by atoms with Crippen LogP contribution in [-0.2, 0) is 11.8 Å². The van der Waals surface area contributed by atoms with Crippen molar-refractivity contribution in [2.24, 2.45) is 7.05 Å². The van der Waals surface area contributed by atoms with Crippen LogP contribution in [0, 0.1) is 6.92 Å². The minimum atomic E-state index is -0.227. The molecular weight excluding hydrogens is 412 g/mol. The normalized spacial score (nSPS) is 15.9. The van der Waals surface area contributed by atoms with Crippen LogP contribution in [-0.4, -0.2) is 35.8 Å². The summed E-state index contributed by atoms with van der Waals surface area (Å²) in [7, 11) is 1.82. The van der Waals surface area contributed by atoms with Crippen LogP contribution in [0.3, 0.4) is 0 Å². The molecule has 2 aromatic heterocycles. The van der Waals surface area contributed by atoms with E-state index in [0.717, 1.165) is 22.4 Å². The van der Waals surface area contributed by atoms with E-state index in [1.165, 1.54) is 25.7 Å². The van der Waals surface area contributed by atoms with Crippen molar-refractivity contribution in [3.05, 3.63) is 52.2 Å². The first-order valence-electron chi connectivity index (χ1n) is 10.8. The molecule has 2 aliphatic carbocycles. The second kappa shape index (κ2) is 8.03. The third-order valence-corrected chi connectivity index (χ3v) is 6.87. The van der Waals surface area contributed by atoms with Crippen molar-refractivity contribution in [1.82, 2.24) is 24.1 Å². The molecule has 0 saturated heterocycles. The maximum atomic E-state index is 12.9. The van der Waals surface area contributed by atoms with Gasteiger partial charge in [-0.2, -0.15) is 0 Å². The van der Waals surface area contributed by atoms with Gasteiger partial charge in [-0.1, -0.05) is 30.0 Å². The first-order chi connectivity index (χ1) is 15.0. The van der Waals surface area contributed by atoms with Gasteiger partial charge in [0.1, 0.15) is 11.5 Å². The van der Waals surface area contributed by atoms with Crippen molar-refractivity contribution in [1.29, 1.82) is 0 Å². The van der Waals surface area contributed by atoms with E-state index in [-0.39, 0.29) is 11.5 Å². The fraction of sp³-hybridized carbons (Fsp3) is 0.455. The smallest absolute Gasteiger partial charge is 0.295 e. The highest BCUT2D eigenvalue weighted by molar-refractivity contribution is 7.99. The molecule has 2 fully saturated rings. The molecule has 3 aromatic rings. The lowest BCUT2D eigenvalue weighted by Crippen LogP contribution is -2.23. The van der Waals surface area contributed by atoms with Gasteiger partial charge in [-0.05, 0) is 44.7 Å². The van der Waals surface area contributed by atoms with Crippen LogP contribution < -0.4 is 10.9 Å². The number of nitrogens with one attached hydrogen (secondary N) is 1. The number of rotatable bonds is 8. The van der Waals surface area contributed by atoms with Crippen molar-refractivity contribution >= 4 is 23.4 Å². The molecule has 162 valence electrons. The summed E-state index contributed by atoms with van der Waals surface area (Å²) in [5.41, 5.74) is 1.59. The van der Waals surface area contributed by atoms with Crippen molar-refractivity contribution in [3.8, 4) is 5.69 Å². The number of amides is 1. The Kier molecular flexibility index (Phi) is 5.21. The largest absolute Gasteiger partial charge is 0.320 e. The Labute approximate surface area is 184 Å². The minimum absolute atomic E-state index is 0.168. The van der Waals surface area contributed by atoms with Gasteiger partial charge in [0.15, 0.2) is 5.16 Å². The van der Waals surface area contributed by atoms with E-state index in [0.29, 0.717) is 29.8 Å². The van der Waals surface area contributed by atoms with E-state index in [4.69, 9.17) is 0 Å². The van der Waals surface area contributed by atoms with Gasteiger partial charge in [-0.15, -0.1) is 10.2 Å². The Morgan fingerprint density at radius 3 is 2.58 bits per heavy atom. The number of aromatic nitrogens is 5. The van der Waals surface area contributed by atoms with Crippen LogP contribution in [0.15, 0.2) is 40.3 Å². The molecule has 5 rings (SSSR count). The summed E-state index contributed by atoms with van der Waals surface area (Å²) in [5.74, 6) is 2.12. The zero-order valence-corrected chi connectivity index (χ0v) is 18.6. The van der Waals surface area contributed by atoms with Crippen LogP contribution in [0.25, 0.3) is 5.69 Å². The minimum Gasteiger partial charge on any atom is -0.320 e. The summed E-state index contributed by atoms with van der Waals surface area (Å²) in [5, 5.41) is 12.5. The second-order valence-corrected chi connectivity index (χ2v) is 9.36. The Morgan fingerprint density at radius 1 is 1.16 bits per heavy atom. The highest BCUT2D eigenvalue weighted by atomic mass is 32.2. The average molecular weight is 439 g/mol. The first-order valence-corrected chi connectivity index (χ1v) is 11.7. The summed E-state index contributed by atoms with van der Waals surface area (Å²) in [6.45, 7) is 1.84.